The predicted octanol–water partition coefficient (Wildman–Crippen LogP) is 3.62. The van der Waals surface area contributed by atoms with Crippen molar-refractivity contribution in [3.63, 3.8) is 0 Å². The summed E-state index contributed by atoms with van der Waals surface area (Å²) in [6.45, 7) is 0. The maximum absolute atomic E-state index is 4.79. The van der Waals surface area contributed by atoms with Crippen molar-refractivity contribution in [2.75, 3.05) is 0 Å². The van der Waals surface area contributed by atoms with Gasteiger partial charge in [0, 0.05) is 16.4 Å². The van der Waals surface area contributed by atoms with E-state index < -0.39 is 0 Å². The highest BCUT2D eigenvalue weighted by molar-refractivity contribution is 9.10. The molecule has 76 valence electrons. The molecule has 2 aliphatic rings. The van der Waals surface area contributed by atoms with Crippen molar-refractivity contribution in [2.45, 2.75) is 31.2 Å². The van der Waals surface area contributed by atoms with E-state index in [1.165, 1.54) is 30.6 Å². The lowest BCUT2D eigenvalue weighted by Crippen LogP contribution is -2.05. The summed E-state index contributed by atoms with van der Waals surface area (Å²) in [4.78, 5) is 4.79. The third-order valence-corrected chi connectivity index (χ3v) is 4.47. The Morgan fingerprint density at radius 3 is 3.20 bits per heavy atom. The Kier molecular flexibility index (Phi) is 1.47. The zero-order valence-corrected chi connectivity index (χ0v) is 9.87. The van der Waals surface area contributed by atoms with Crippen LogP contribution < -0.4 is 0 Å². The van der Waals surface area contributed by atoms with Crippen LogP contribution in [-0.4, -0.2) is 9.55 Å². The van der Waals surface area contributed by atoms with Crippen LogP contribution in [0.3, 0.4) is 0 Å². The molecule has 2 atom stereocenters. The molecule has 15 heavy (non-hydrogen) atoms. The molecule has 0 spiro atoms. The molecular weight excluding hydrogens is 252 g/mol. The van der Waals surface area contributed by atoms with Crippen molar-refractivity contribution >= 4 is 27.0 Å². The summed E-state index contributed by atoms with van der Waals surface area (Å²) < 4.78 is 3.59. The third kappa shape index (κ3) is 0.924. The first-order valence-electron chi connectivity index (χ1n) is 5.51. The van der Waals surface area contributed by atoms with Gasteiger partial charge in [0.15, 0.2) is 0 Å². The van der Waals surface area contributed by atoms with Gasteiger partial charge in [0.05, 0.1) is 5.52 Å². The lowest BCUT2D eigenvalue weighted by atomic mass is 10.1. The fraction of sp³-hybridized carbons (Fsp3) is 0.417. The summed E-state index contributed by atoms with van der Waals surface area (Å²) in [5.41, 5.74) is 2.45. The molecule has 0 N–H and O–H groups in total. The standard InChI is InChI=1S/C12H11BrN2/c13-9-2-1-3-10-11(9)14-12-7-4-5-8(6-7)15(10)12/h1-3,7-8H,4-6H2/t7-,8+/m1/s1. The number of rotatable bonds is 0. The van der Waals surface area contributed by atoms with Crippen LogP contribution in [0.25, 0.3) is 11.0 Å². The van der Waals surface area contributed by atoms with Crippen molar-refractivity contribution in [3.05, 3.63) is 28.5 Å². The van der Waals surface area contributed by atoms with Crippen LogP contribution in [-0.2, 0) is 0 Å². The fourth-order valence-electron chi connectivity index (χ4n) is 3.20. The maximum Gasteiger partial charge on any atom is 0.113 e. The van der Waals surface area contributed by atoms with Gasteiger partial charge in [-0.05, 0) is 47.3 Å². The highest BCUT2D eigenvalue weighted by Gasteiger charge is 2.39. The Balaban J connectivity index is 2.13. The number of fused-ring (bicyclic) bond motifs is 7. The number of aromatic nitrogens is 2. The van der Waals surface area contributed by atoms with Crippen LogP contribution in [0.5, 0.6) is 0 Å². The molecule has 1 aliphatic heterocycles. The second-order valence-electron chi connectivity index (χ2n) is 4.61. The van der Waals surface area contributed by atoms with Gasteiger partial charge in [0.2, 0.25) is 0 Å². The normalized spacial score (nSPS) is 27.5. The molecule has 2 heterocycles. The van der Waals surface area contributed by atoms with E-state index in [0.29, 0.717) is 0 Å². The van der Waals surface area contributed by atoms with Crippen LogP contribution in [0, 0.1) is 0 Å². The van der Waals surface area contributed by atoms with Crippen molar-refractivity contribution in [1.82, 2.24) is 9.55 Å². The van der Waals surface area contributed by atoms with Crippen molar-refractivity contribution in [1.29, 1.82) is 0 Å². The largest absolute Gasteiger partial charge is 0.325 e. The summed E-state index contributed by atoms with van der Waals surface area (Å²) in [5, 5.41) is 0. The molecule has 1 aromatic heterocycles. The van der Waals surface area contributed by atoms with Crippen molar-refractivity contribution in [3.8, 4) is 0 Å². The minimum absolute atomic E-state index is 0.726. The number of imidazole rings is 1. The number of halogens is 1. The minimum Gasteiger partial charge on any atom is -0.325 e. The zero-order chi connectivity index (χ0) is 9.99. The molecule has 1 saturated carbocycles. The Hall–Kier alpha value is -0.830. The molecule has 0 amide bonds. The first-order valence-corrected chi connectivity index (χ1v) is 6.30. The number of para-hydroxylation sites is 1. The molecule has 4 rings (SSSR count). The van der Waals surface area contributed by atoms with Gasteiger partial charge in [-0.2, -0.15) is 0 Å². The van der Waals surface area contributed by atoms with Crippen molar-refractivity contribution < 1.29 is 0 Å². The average Bonchev–Trinajstić information content (AvgIpc) is 2.87. The second kappa shape index (κ2) is 2.64. The molecule has 2 bridgehead atoms. The van der Waals surface area contributed by atoms with Gasteiger partial charge in [-0.15, -0.1) is 0 Å². The summed E-state index contributed by atoms with van der Waals surface area (Å²) >= 11 is 3.58. The highest BCUT2D eigenvalue weighted by Crippen LogP contribution is 2.50. The lowest BCUT2D eigenvalue weighted by Gasteiger charge is -2.13. The lowest BCUT2D eigenvalue weighted by molar-refractivity contribution is 0.539. The Morgan fingerprint density at radius 2 is 2.27 bits per heavy atom. The maximum atomic E-state index is 4.79. The van der Waals surface area contributed by atoms with Crippen LogP contribution in [0.2, 0.25) is 0 Å². The Bertz CT molecular complexity index is 558. The molecule has 0 saturated heterocycles. The molecule has 1 fully saturated rings. The predicted molar refractivity (Wildman–Crippen MR) is 63.1 cm³/mol. The molecular formula is C12H11BrN2. The third-order valence-electron chi connectivity index (χ3n) is 3.83. The average molecular weight is 263 g/mol. The topological polar surface area (TPSA) is 17.8 Å². The molecule has 3 heteroatoms. The van der Waals surface area contributed by atoms with Gasteiger partial charge in [0.1, 0.15) is 11.3 Å². The monoisotopic (exact) mass is 262 g/mol. The van der Waals surface area contributed by atoms with Gasteiger partial charge in [-0.3, -0.25) is 0 Å². The second-order valence-corrected chi connectivity index (χ2v) is 5.47. The quantitative estimate of drug-likeness (QED) is 0.709. The van der Waals surface area contributed by atoms with Gasteiger partial charge in [-0.1, -0.05) is 6.07 Å². The van der Waals surface area contributed by atoms with E-state index in [9.17, 15) is 0 Å². The smallest absolute Gasteiger partial charge is 0.113 e. The van der Waals surface area contributed by atoms with E-state index in [4.69, 9.17) is 4.98 Å². The first kappa shape index (κ1) is 8.34. The van der Waals surface area contributed by atoms with E-state index >= 15 is 0 Å². The summed E-state index contributed by atoms with van der Waals surface area (Å²) in [5.74, 6) is 2.06. The molecule has 2 aromatic rings. The SMILES string of the molecule is Brc1cccc2c1nc1n2[C@H]2CC[C@@H]1C2. The number of benzene rings is 1. The number of nitrogens with zero attached hydrogens (tertiary/aromatic N) is 2. The van der Waals surface area contributed by atoms with Gasteiger partial charge in [0.25, 0.3) is 0 Å². The molecule has 1 aromatic carbocycles. The summed E-state index contributed by atoms with van der Waals surface area (Å²) in [6, 6.07) is 7.10. The highest BCUT2D eigenvalue weighted by atomic mass is 79.9. The van der Waals surface area contributed by atoms with Crippen molar-refractivity contribution in [2.24, 2.45) is 0 Å². The Morgan fingerprint density at radius 1 is 1.33 bits per heavy atom. The van der Waals surface area contributed by atoms with Gasteiger partial charge >= 0.3 is 0 Å². The van der Waals surface area contributed by atoms with Gasteiger partial charge in [-0.25, -0.2) is 4.98 Å². The summed E-state index contributed by atoms with van der Waals surface area (Å²) in [7, 11) is 0. The number of hydrogen-bond donors (Lipinski definition) is 0. The van der Waals surface area contributed by atoms with Crippen LogP contribution in [0.1, 0.15) is 37.0 Å². The van der Waals surface area contributed by atoms with E-state index in [1.54, 1.807) is 0 Å². The fourth-order valence-corrected chi connectivity index (χ4v) is 3.64. The van der Waals surface area contributed by atoms with E-state index in [0.717, 1.165) is 21.9 Å². The first-order chi connectivity index (χ1) is 7.34. The zero-order valence-electron chi connectivity index (χ0n) is 8.28. The van der Waals surface area contributed by atoms with Gasteiger partial charge < -0.3 is 4.57 Å². The van der Waals surface area contributed by atoms with E-state index in [2.05, 4.69) is 38.7 Å². The molecule has 2 nitrogen and oxygen atoms in total. The van der Waals surface area contributed by atoms with Crippen LogP contribution >= 0.6 is 15.9 Å². The summed E-state index contributed by atoms with van der Waals surface area (Å²) in [6.07, 6.45) is 4.01. The molecule has 0 unspecified atom stereocenters. The van der Waals surface area contributed by atoms with Crippen LogP contribution in [0.4, 0.5) is 0 Å². The molecule has 0 radical (unpaired) electrons. The molecule has 1 aliphatic carbocycles. The van der Waals surface area contributed by atoms with Crippen LogP contribution in [0.15, 0.2) is 22.7 Å². The minimum atomic E-state index is 0.726. The van der Waals surface area contributed by atoms with E-state index in [1.807, 2.05) is 0 Å². The van der Waals surface area contributed by atoms with E-state index in [-0.39, 0.29) is 0 Å². The number of hydrogen-bond acceptors (Lipinski definition) is 1. The Labute approximate surface area is 96.4 Å².